The molecule has 25 heavy (non-hydrogen) atoms. The lowest BCUT2D eigenvalue weighted by atomic mass is 9.95. The molecule has 2 heterocycles. The molecular weight excluding hydrogens is 312 g/mol. The van der Waals surface area contributed by atoms with Gasteiger partial charge in [-0.25, -0.2) is 4.98 Å². The van der Waals surface area contributed by atoms with Crippen molar-refractivity contribution in [3.8, 4) is 11.4 Å². The molecule has 1 aliphatic carbocycles. The zero-order chi connectivity index (χ0) is 17.2. The second kappa shape index (κ2) is 7.00. The minimum atomic E-state index is 0.0593. The summed E-state index contributed by atoms with van der Waals surface area (Å²) in [5.74, 6) is 1.53. The minimum absolute atomic E-state index is 0.0593. The lowest BCUT2D eigenvalue weighted by molar-refractivity contribution is -0.120. The quantitative estimate of drug-likeness (QED) is 0.899. The number of aryl methyl sites for hydroxylation is 1. The van der Waals surface area contributed by atoms with Crippen molar-refractivity contribution in [1.82, 2.24) is 9.55 Å². The van der Waals surface area contributed by atoms with Crippen LogP contribution in [0.3, 0.4) is 0 Å². The fourth-order valence-electron chi connectivity index (χ4n) is 4.27. The number of imidazole rings is 1. The molecular formula is C20H26N4O. The van der Waals surface area contributed by atoms with Crippen LogP contribution in [0.1, 0.15) is 37.8 Å². The van der Waals surface area contributed by atoms with Gasteiger partial charge in [-0.2, -0.15) is 0 Å². The van der Waals surface area contributed by atoms with Gasteiger partial charge in [-0.3, -0.25) is 4.79 Å². The van der Waals surface area contributed by atoms with E-state index in [1.807, 2.05) is 18.3 Å². The average molecular weight is 338 g/mol. The Kier molecular flexibility index (Phi) is 4.57. The molecule has 1 aromatic heterocycles. The summed E-state index contributed by atoms with van der Waals surface area (Å²) in [5.41, 5.74) is 9.07. The molecule has 1 fully saturated rings. The standard InChI is InChI=1S/C20H26N4O/c21-12-15-4-3-6-18(15)20(25)23-16-9-7-14(8-10-16)19-22-13-17-5-1-2-11-24(17)19/h7-10,13,15,18H,1-6,11-12,21H2,(H,23,25)/t15-,18-/m1/s1. The average Bonchev–Trinajstić information content (AvgIpc) is 3.29. The molecule has 4 rings (SSSR count). The summed E-state index contributed by atoms with van der Waals surface area (Å²) in [6, 6.07) is 8.05. The molecule has 0 radical (unpaired) electrons. The number of carbonyl (C=O) groups excluding carboxylic acids is 1. The lowest BCUT2D eigenvalue weighted by Crippen LogP contribution is -2.29. The van der Waals surface area contributed by atoms with Crippen molar-refractivity contribution in [2.45, 2.75) is 45.1 Å². The van der Waals surface area contributed by atoms with Crippen LogP contribution in [0, 0.1) is 11.8 Å². The number of hydrogen-bond donors (Lipinski definition) is 2. The highest BCUT2D eigenvalue weighted by molar-refractivity contribution is 5.93. The third kappa shape index (κ3) is 3.21. The van der Waals surface area contributed by atoms with E-state index in [1.165, 1.54) is 18.5 Å². The SMILES string of the molecule is NC[C@H]1CCC[C@H]1C(=O)Nc1ccc(-c2ncc3n2CCCC3)cc1. The molecule has 1 amide bonds. The molecule has 1 aliphatic heterocycles. The molecule has 5 nitrogen and oxygen atoms in total. The number of nitrogens with two attached hydrogens (primary N) is 1. The number of amides is 1. The van der Waals surface area contributed by atoms with E-state index in [4.69, 9.17) is 5.73 Å². The zero-order valence-corrected chi connectivity index (χ0v) is 14.6. The third-order valence-corrected chi connectivity index (χ3v) is 5.71. The Hall–Kier alpha value is -2.14. The first kappa shape index (κ1) is 16.3. The Labute approximate surface area is 148 Å². The fraction of sp³-hybridized carbons (Fsp3) is 0.500. The maximum atomic E-state index is 12.5. The summed E-state index contributed by atoms with van der Waals surface area (Å²) in [4.78, 5) is 17.1. The van der Waals surface area contributed by atoms with E-state index in [1.54, 1.807) is 0 Å². The van der Waals surface area contributed by atoms with Gasteiger partial charge in [0.2, 0.25) is 5.91 Å². The number of anilines is 1. The number of hydrogen-bond acceptors (Lipinski definition) is 3. The molecule has 0 saturated heterocycles. The van der Waals surface area contributed by atoms with Crippen LogP contribution < -0.4 is 11.1 Å². The number of benzene rings is 1. The van der Waals surface area contributed by atoms with Crippen molar-refractivity contribution in [2.75, 3.05) is 11.9 Å². The van der Waals surface area contributed by atoms with Gasteiger partial charge in [0, 0.05) is 35.6 Å². The van der Waals surface area contributed by atoms with Crippen molar-refractivity contribution < 1.29 is 4.79 Å². The van der Waals surface area contributed by atoms with E-state index in [-0.39, 0.29) is 11.8 Å². The van der Waals surface area contributed by atoms with Crippen LogP contribution in [-0.4, -0.2) is 22.0 Å². The van der Waals surface area contributed by atoms with Crippen LogP contribution in [0.2, 0.25) is 0 Å². The van der Waals surface area contributed by atoms with E-state index < -0.39 is 0 Å². The first-order chi connectivity index (χ1) is 12.3. The van der Waals surface area contributed by atoms with Crippen molar-refractivity contribution in [3.63, 3.8) is 0 Å². The predicted octanol–water partition coefficient (Wildman–Crippen LogP) is 3.20. The third-order valence-electron chi connectivity index (χ3n) is 5.71. The molecule has 0 unspecified atom stereocenters. The van der Waals surface area contributed by atoms with Crippen molar-refractivity contribution in [2.24, 2.45) is 17.6 Å². The topological polar surface area (TPSA) is 72.9 Å². The number of carbonyl (C=O) groups is 1. The molecule has 5 heteroatoms. The largest absolute Gasteiger partial charge is 0.330 e. The lowest BCUT2D eigenvalue weighted by Gasteiger charge is -2.18. The summed E-state index contributed by atoms with van der Waals surface area (Å²) < 4.78 is 2.32. The molecule has 2 aliphatic rings. The van der Waals surface area contributed by atoms with Gasteiger partial charge in [-0.15, -0.1) is 0 Å². The molecule has 0 bridgehead atoms. The summed E-state index contributed by atoms with van der Waals surface area (Å²) in [6.45, 7) is 1.65. The molecule has 2 aromatic rings. The van der Waals surface area contributed by atoms with Crippen LogP contribution in [0.4, 0.5) is 5.69 Å². The van der Waals surface area contributed by atoms with Crippen molar-refractivity contribution >= 4 is 11.6 Å². The van der Waals surface area contributed by atoms with E-state index >= 15 is 0 Å². The highest BCUT2D eigenvalue weighted by Crippen LogP contribution is 2.32. The predicted molar refractivity (Wildman–Crippen MR) is 99.1 cm³/mol. The summed E-state index contributed by atoms with van der Waals surface area (Å²) in [6.07, 6.45) is 8.70. The van der Waals surface area contributed by atoms with E-state index in [0.29, 0.717) is 12.5 Å². The highest BCUT2D eigenvalue weighted by atomic mass is 16.1. The molecule has 3 N–H and O–H groups in total. The van der Waals surface area contributed by atoms with Gasteiger partial charge in [0.1, 0.15) is 5.82 Å². The monoisotopic (exact) mass is 338 g/mol. The Morgan fingerprint density at radius 2 is 2.04 bits per heavy atom. The van der Waals surface area contributed by atoms with Crippen LogP contribution in [0.25, 0.3) is 11.4 Å². The van der Waals surface area contributed by atoms with Crippen LogP contribution in [0.15, 0.2) is 30.5 Å². The smallest absolute Gasteiger partial charge is 0.227 e. The van der Waals surface area contributed by atoms with Crippen LogP contribution >= 0.6 is 0 Å². The molecule has 2 atom stereocenters. The van der Waals surface area contributed by atoms with Crippen molar-refractivity contribution in [1.29, 1.82) is 0 Å². The van der Waals surface area contributed by atoms with Gasteiger partial charge in [0.25, 0.3) is 0 Å². The van der Waals surface area contributed by atoms with Crippen LogP contribution in [-0.2, 0) is 17.8 Å². The number of fused-ring (bicyclic) bond motifs is 1. The van der Waals surface area contributed by atoms with Gasteiger partial charge in [-0.05, 0) is 68.8 Å². The van der Waals surface area contributed by atoms with E-state index in [9.17, 15) is 4.79 Å². The van der Waals surface area contributed by atoms with Gasteiger partial charge in [0.15, 0.2) is 0 Å². The zero-order valence-electron chi connectivity index (χ0n) is 14.6. The second-order valence-corrected chi connectivity index (χ2v) is 7.28. The fourth-order valence-corrected chi connectivity index (χ4v) is 4.27. The number of aromatic nitrogens is 2. The van der Waals surface area contributed by atoms with E-state index in [2.05, 4.69) is 27.0 Å². The van der Waals surface area contributed by atoms with Gasteiger partial charge >= 0.3 is 0 Å². The van der Waals surface area contributed by atoms with Gasteiger partial charge in [-0.1, -0.05) is 6.42 Å². The molecule has 132 valence electrons. The summed E-state index contributed by atoms with van der Waals surface area (Å²) in [5, 5.41) is 3.06. The van der Waals surface area contributed by atoms with Gasteiger partial charge < -0.3 is 15.6 Å². The Balaban J connectivity index is 1.47. The summed E-state index contributed by atoms with van der Waals surface area (Å²) >= 11 is 0. The van der Waals surface area contributed by atoms with Crippen LogP contribution in [0.5, 0.6) is 0 Å². The molecule has 0 spiro atoms. The summed E-state index contributed by atoms with van der Waals surface area (Å²) in [7, 11) is 0. The maximum Gasteiger partial charge on any atom is 0.227 e. The first-order valence-electron chi connectivity index (χ1n) is 9.42. The Bertz CT molecular complexity index is 750. The maximum absolute atomic E-state index is 12.5. The Morgan fingerprint density at radius 3 is 2.84 bits per heavy atom. The highest BCUT2D eigenvalue weighted by Gasteiger charge is 2.31. The first-order valence-corrected chi connectivity index (χ1v) is 9.42. The normalized spacial score (nSPS) is 22.6. The van der Waals surface area contributed by atoms with E-state index in [0.717, 1.165) is 49.3 Å². The van der Waals surface area contributed by atoms with Gasteiger partial charge in [0.05, 0.1) is 0 Å². The Morgan fingerprint density at radius 1 is 1.20 bits per heavy atom. The minimum Gasteiger partial charge on any atom is -0.330 e. The molecule has 1 aromatic carbocycles. The second-order valence-electron chi connectivity index (χ2n) is 7.28. The molecule has 1 saturated carbocycles. The number of nitrogens with zero attached hydrogens (tertiary/aromatic N) is 2. The number of rotatable bonds is 4. The number of nitrogens with one attached hydrogen (secondary N) is 1. The van der Waals surface area contributed by atoms with Crippen molar-refractivity contribution in [3.05, 3.63) is 36.2 Å².